The first kappa shape index (κ1) is 21.8. The van der Waals surface area contributed by atoms with Crippen molar-refractivity contribution in [3.8, 4) is 22.4 Å². The highest BCUT2D eigenvalue weighted by Gasteiger charge is 2.26. The molecule has 2 N–H and O–H groups in total. The molecule has 0 aliphatic carbocycles. The topological polar surface area (TPSA) is 63.8 Å². The number of nitrogens with zero attached hydrogens (tertiary/aromatic N) is 4. The van der Waals surface area contributed by atoms with Gasteiger partial charge in [0.05, 0.1) is 35.0 Å². The van der Waals surface area contributed by atoms with Crippen molar-refractivity contribution in [1.82, 2.24) is 29.7 Å². The van der Waals surface area contributed by atoms with Crippen LogP contribution in [-0.4, -0.2) is 56.9 Å². The van der Waals surface area contributed by atoms with Crippen molar-refractivity contribution in [1.29, 1.82) is 0 Å². The Hall–Kier alpha value is -3.48. The number of aromatic amines is 2. The van der Waals surface area contributed by atoms with E-state index in [1.165, 1.54) is 46.7 Å². The molecule has 7 rings (SSSR count). The first-order valence-corrected chi connectivity index (χ1v) is 13.1. The Morgan fingerprint density at radius 2 is 1.47 bits per heavy atom. The Morgan fingerprint density at radius 3 is 2.19 bits per heavy atom. The highest BCUT2D eigenvalue weighted by atomic mass is 15.2. The predicted molar refractivity (Wildman–Crippen MR) is 146 cm³/mol. The molecule has 6 heteroatoms. The van der Waals surface area contributed by atoms with Crippen LogP contribution in [0, 0.1) is 0 Å². The molecule has 182 valence electrons. The number of rotatable bonds is 4. The average Bonchev–Trinajstić information content (AvgIpc) is 3.69. The van der Waals surface area contributed by atoms with E-state index < -0.39 is 0 Å². The van der Waals surface area contributed by atoms with Gasteiger partial charge < -0.3 is 9.97 Å². The third-order valence-corrected chi connectivity index (χ3v) is 8.29. The van der Waals surface area contributed by atoms with E-state index in [0.29, 0.717) is 12.1 Å². The van der Waals surface area contributed by atoms with Gasteiger partial charge in [0.15, 0.2) is 0 Å². The highest BCUT2D eigenvalue weighted by molar-refractivity contribution is 6.04. The lowest BCUT2D eigenvalue weighted by atomic mass is 9.94. The van der Waals surface area contributed by atoms with Gasteiger partial charge in [0.25, 0.3) is 0 Å². The van der Waals surface area contributed by atoms with Gasteiger partial charge in [0, 0.05) is 5.56 Å². The summed E-state index contributed by atoms with van der Waals surface area (Å²) in [4.78, 5) is 21.8. The molecule has 0 radical (unpaired) electrons. The van der Waals surface area contributed by atoms with Gasteiger partial charge in [-0.3, -0.25) is 9.80 Å². The molecule has 4 heterocycles. The second-order valence-corrected chi connectivity index (χ2v) is 10.5. The standard InChI is InChI=1S/C30H32N6/c1-35-15-5-11-27(35)29-31-18-26(34-29)23-10-4-8-21-20(7-3-9-22(21)23)19-13-14-24-25(17-19)33-30(32-24)28-12-6-16-36(28)2/h3-4,7-10,13-14,17-18,27-28H,5-6,11-12,15-16H2,1-2H3,(H,31,34)(H,32,33). The number of fused-ring (bicyclic) bond motifs is 2. The van der Waals surface area contributed by atoms with Crippen LogP contribution in [0.4, 0.5) is 0 Å². The Labute approximate surface area is 211 Å². The van der Waals surface area contributed by atoms with Crippen LogP contribution >= 0.6 is 0 Å². The van der Waals surface area contributed by atoms with Gasteiger partial charge in [-0.05, 0) is 86.9 Å². The molecule has 6 nitrogen and oxygen atoms in total. The minimum Gasteiger partial charge on any atom is -0.341 e. The number of likely N-dealkylation sites (tertiary alicyclic amines) is 2. The number of imidazole rings is 2. The maximum absolute atomic E-state index is 4.92. The molecule has 0 saturated carbocycles. The van der Waals surface area contributed by atoms with Gasteiger partial charge in [-0.2, -0.15) is 0 Å². The first-order valence-electron chi connectivity index (χ1n) is 13.1. The van der Waals surface area contributed by atoms with E-state index in [1.807, 2.05) is 6.20 Å². The average molecular weight is 477 g/mol. The first-order chi connectivity index (χ1) is 17.7. The van der Waals surface area contributed by atoms with Crippen molar-refractivity contribution >= 4 is 21.8 Å². The summed E-state index contributed by atoms with van der Waals surface area (Å²) in [6.45, 7) is 2.28. The Balaban J connectivity index is 1.28. The number of benzene rings is 3. The zero-order valence-corrected chi connectivity index (χ0v) is 21.0. The molecule has 2 fully saturated rings. The number of nitrogens with one attached hydrogen (secondary N) is 2. The minimum atomic E-state index is 0.388. The molecule has 0 bridgehead atoms. The molecule has 3 aromatic carbocycles. The van der Waals surface area contributed by atoms with Crippen molar-refractivity contribution in [3.63, 3.8) is 0 Å². The summed E-state index contributed by atoms with van der Waals surface area (Å²) in [5.41, 5.74) is 6.87. The molecular weight excluding hydrogens is 444 g/mol. The third-order valence-electron chi connectivity index (χ3n) is 8.29. The number of H-pyrrole nitrogens is 2. The maximum Gasteiger partial charge on any atom is 0.124 e. The van der Waals surface area contributed by atoms with E-state index in [0.717, 1.165) is 47.9 Å². The summed E-state index contributed by atoms with van der Waals surface area (Å²) >= 11 is 0. The van der Waals surface area contributed by atoms with E-state index in [-0.39, 0.29) is 0 Å². The van der Waals surface area contributed by atoms with Gasteiger partial charge in [0.2, 0.25) is 0 Å². The van der Waals surface area contributed by atoms with Gasteiger partial charge in [-0.25, -0.2) is 9.97 Å². The summed E-state index contributed by atoms with van der Waals surface area (Å²) < 4.78 is 0. The van der Waals surface area contributed by atoms with E-state index >= 15 is 0 Å². The largest absolute Gasteiger partial charge is 0.341 e. The summed E-state index contributed by atoms with van der Waals surface area (Å²) in [5, 5.41) is 2.49. The van der Waals surface area contributed by atoms with Gasteiger partial charge in [-0.1, -0.05) is 42.5 Å². The molecule has 5 aromatic rings. The maximum atomic E-state index is 4.92. The van der Waals surface area contributed by atoms with Gasteiger partial charge in [0.1, 0.15) is 11.6 Å². The highest BCUT2D eigenvalue weighted by Crippen LogP contribution is 2.37. The lowest BCUT2D eigenvalue weighted by Crippen LogP contribution is -2.18. The fraction of sp³-hybridized carbons (Fsp3) is 0.333. The molecular formula is C30H32N6. The molecule has 2 saturated heterocycles. The van der Waals surface area contributed by atoms with Crippen LogP contribution in [-0.2, 0) is 0 Å². The minimum absolute atomic E-state index is 0.388. The SMILES string of the molecule is CN1CCCC1c1ncc(-c2cccc3c(-c4ccc5nc(C6CCCN6C)[nH]c5c4)cccc23)[nH]1. The van der Waals surface area contributed by atoms with Crippen molar-refractivity contribution in [3.05, 3.63) is 72.4 Å². The Morgan fingerprint density at radius 1 is 0.778 bits per heavy atom. The lowest BCUT2D eigenvalue weighted by molar-refractivity contribution is 0.307. The molecule has 36 heavy (non-hydrogen) atoms. The Bertz CT molecular complexity index is 1560. The summed E-state index contributed by atoms with van der Waals surface area (Å²) in [6.07, 6.45) is 6.80. The van der Waals surface area contributed by atoms with E-state index in [2.05, 4.69) is 88.5 Å². The second kappa shape index (κ2) is 8.57. The van der Waals surface area contributed by atoms with E-state index in [1.54, 1.807) is 0 Å². The van der Waals surface area contributed by atoms with Crippen LogP contribution < -0.4 is 0 Å². The van der Waals surface area contributed by atoms with Gasteiger partial charge in [-0.15, -0.1) is 0 Å². The van der Waals surface area contributed by atoms with Crippen LogP contribution in [0.1, 0.15) is 49.4 Å². The zero-order chi connectivity index (χ0) is 24.2. The van der Waals surface area contributed by atoms with Crippen LogP contribution in [0.2, 0.25) is 0 Å². The normalized spacial score (nSPS) is 21.3. The van der Waals surface area contributed by atoms with Crippen molar-refractivity contribution < 1.29 is 0 Å². The van der Waals surface area contributed by atoms with Crippen LogP contribution in [0.15, 0.2) is 60.8 Å². The van der Waals surface area contributed by atoms with Crippen molar-refractivity contribution in [2.24, 2.45) is 0 Å². The zero-order valence-electron chi connectivity index (χ0n) is 21.0. The summed E-state index contributed by atoms with van der Waals surface area (Å²) in [6, 6.07) is 20.6. The summed E-state index contributed by atoms with van der Waals surface area (Å²) in [7, 11) is 4.38. The smallest absolute Gasteiger partial charge is 0.124 e. The van der Waals surface area contributed by atoms with Crippen molar-refractivity contribution in [2.75, 3.05) is 27.2 Å². The number of hydrogen-bond donors (Lipinski definition) is 2. The third kappa shape index (κ3) is 3.55. The summed E-state index contributed by atoms with van der Waals surface area (Å²) in [5.74, 6) is 2.16. The molecule has 2 unspecified atom stereocenters. The number of hydrogen-bond acceptors (Lipinski definition) is 4. The molecule has 0 amide bonds. The number of aromatic nitrogens is 4. The predicted octanol–water partition coefficient (Wildman–Crippen LogP) is 6.31. The lowest BCUT2D eigenvalue weighted by Gasteiger charge is -2.16. The van der Waals surface area contributed by atoms with Gasteiger partial charge >= 0.3 is 0 Å². The monoisotopic (exact) mass is 476 g/mol. The van der Waals surface area contributed by atoms with Crippen LogP contribution in [0.5, 0.6) is 0 Å². The molecule has 0 spiro atoms. The van der Waals surface area contributed by atoms with E-state index in [4.69, 9.17) is 9.97 Å². The molecule has 2 aliphatic heterocycles. The second-order valence-electron chi connectivity index (χ2n) is 10.5. The van der Waals surface area contributed by atoms with Crippen molar-refractivity contribution in [2.45, 2.75) is 37.8 Å². The fourth-order valence-corrected chi connectivity index (χ4v) is 6.31. The Kier molecular flexibility index (Phi) is 5.19. The fourth-order valence-electron chi connectivity index (χ4n) is 6.31. The molecule has 2 atom stereocenters. The van der Waals surface area contributed by atoms with Crippen LogP contribution in [0.3, 0.4) is 0 Å². The van der Waals surface area contributed by atoms with E-state index in [9.17, 15) is 0 Å². The van der Waals surface area contributed by atoms with Crippen LogP contribution in [0.25, 0.3) is 44.2 Å². The molecule has 2 aromatic heterocycles. The quantitative estimate of drug-likeness (QED) is 0.319. The molecule has 2 aliphatic rings.